The Labute approximate surface area is 84.4 Å². The highest BCUT2D eigenvalue weighted by atomic mass is 14.9. The van der Waals surface area contributed by atoms with Gasteiger partial charge in [-0.3, -0.25) is 0 Å². The average molecular weight is 188 g/mol. The van der Waals surface area contributed by atoms with Gasteiger partial charge in [0.2, 0.25) is 0 Å². The van der Waals surface area contributed by atoms with E-state index < -0.39 is 0 Å². The van der Waals surface area contributed by atoms with Crippen LogP contribution in [0.3, 0.4) is 0 Å². The van der Waals surface area contributed by atoms with Crippen LogP contribution in [0.15, 0.2) is 12.1 Å². The molecule has 0 unspecified atom stereocenters. The molecule has 0 bridgehead atoms. The van der Waals surface area contributed by atoms with E-state index in [1.807, 2.05) is 6.92 Å². The molecule has 14 heavy (non-hydrogen) atoms. The summed E-state index contributed by atoms with van der Waals surface area (Å²) in [6, 6.07) is 4.23. The molecule has 0 aliphatic heterocycles. The van der Waals surface area contributed by atoms with E-state index in [1.54, 1.807) is 0 Å². The van der Waals surface area contributed by atoms with Gasteiger partial charge in [0, 0.05) is 16.8 Å². The molecule has 0 saturated carbocycles. The van der Waals surface area contributed by atoms with Crippen molar-refractivity contribution in [3.05, 3.63) is 29.1 Å². The molecule has 2 rings (SSSR count). The molecule has 2 nitrogen and oxygen atoms in total. The normalized spacial score (nSPS) is 11.5. The zero-order valence-electron chi connectivity index (χ0n) is 9.18. The Balaban J connectivity index is 2.77. The molecular formula is C12H16N2. The predicted molar refractivity (Wildman–Crippen MR) is 59.7 cm³/mol. The SMILES string of the molecule is Cc1ccc2c(C(C)C)c(C)[nH]c2n1. The van der Waals surface area contributed by atoms with Crippen LogP contribution in [-0.2, 0) is 0 Å². The molecule has 2 heterocycles. The molecule has 0 saturated heterocycles. The van der Waals surface area contributed by atoms with Gasteiger partial charge in [-0.25, -0.2) is 4.98 Å². The Morgan fingerprint density at radius 2 is 1.93 bits per heavy atom. The minimum absolute atomic E-state index is 0.549. The van der Waals surface area contributed by atoms with Crippen molar-refractivity contribution >= 4 is 11.0 Å². The van der Waals surface area contributed by atoms with Gasteiger partial charge in [0.25, 0.3) is 0 Å². The third-order valence-corrected chi connectivity index (χ3v) is 2.61. The molecule has 0 aromatic carbocycles. The van der Waals surface area contributed by atoms with E-state index in [0.717, 1.165) is 11.3 Å². The zero-order valence-corrected chi connectivity index (χ0v) is 9.18. The van der Waals surface area contributed by atoms with Crippen LogP contribution in [-0.4, -0.2) is 9.97 Å². The highest BCUT2D eigenvalue weighted by Gasteiger charge is 2.11. The molecular weight excluding hydrogens is 172 g/mol. The molecule has 0 spiro atoms. The number of H-pyrrole nitrogens is 1. The maximum Gasteiger partial charge on any atom is 0.138 e. The standard InChI is InChI=1S/C12H16N2/c1-7(2)11-9(4)14-12-10(11)6-5-8(3)13-12/h5-7H,1-4H3,(H,13,14). The minimum Gasteiger partial charge on any atom is -0.343 e. The number of rotatable bonds is 1. The monoisotopic (exact) mass is 188 g/mol. The second kappa shape index (κ2) is 3.12. The number of fused-ring (bicyclic) bond motifs is 1. The zero-order chi connectivity index (χ0) is 10.3. The first kappa shape index (κ1) is 9.25. The summed E-state index contributed by atoms with van der Waals surface area (Å²) in [5.74, 6) is 0.549. The molecule has 74 valence electrons. The summed E-state index contributed by atoms with van der Waals surface area (Å²) in [5, 5.41) is 1.27. The van der Waals surface area contributed by atoms with Crippen molar-refractivity contribution in [1.82, 2.24) is 9.97 Å². The number of nitrogens with one attached hydrogen (secondary N) is 1. The van der Waals surface area contributed by atoms with Crippen molar-refractivity contribution in [3.8, 4) is 0 Å². The van der Waals surface area contributed by atoms with E-state index in [2.05, 4.69) is 42.9 Å². The topological polar surface area (TPSA) is 28.7 Å². The first-order valence-electron chi connectivity index (χ1n) is 5.05. The van der Waals surface area contributed by atoms with Gasteiger partial charge in [0.05, 0.1) is 0 Å². The van der Waals surface area contributed by atoms with Gasteiger partial charge in [-0.1, -0.05) is 13.8 Å². The summed E-state index contributed by atoms with van der Waals surface area (Å²) in [6.07, 6.45) is 0. The summed E-state index contributed by atoms with van der Waals surface area (Å²) in [4.78, 5) is 7.82. The molecule has 0 amide bonds. The van der Waals surface area contributed by atoms with Gasteiger partial charge >= 0.3 is 0 Å². The van der Waals surface area contributed by atoms with Gasteiger partial charge in [-0.05, 0) is 37.5 Å². The maximum atomic E-state index is 4.48. The second-order valence-corrected chi connectivity index (χ2v) is 4.17. The van der Waals surface area contributed by atoms with Gasteiger partial charge in [0.15, 0.2) is 0 Å². The molecule has 0 atom stereocenters. The van der Waals surface area contributed by atoms with Crippen molar-refractivity contribution < 1.29 is 0 Å². The van der Waals surface area contributed by atoms with E-state index >= 15 is 0 Å². The average Bonchev–Trinajstić information content (AvgIpc) is 2.39. The van der Waals surface area contributed by atoms with E-state index in [1.165, 1.54) is 16.6 Å². The van der Waals surface area contributed by atoms with Crippen LogP contribution < -0.4 is 0 Å². The lowest BCUT2D eigenvalue weighted by molar-refractivity contribution is 0.864. The third-order valence-electron chi connectivity index (χ3n) is 2.61. The van der Waals surface area contributed by atoms with E-state index in [9.17, 15) is 0 Å². The summed E-state index contributed by atoms with van der Waals surface area (Å²) in [6.45, 7) is 8.57. The Morgan fingerprint density at radius 1 is 1.21 bits per heavy atom. The van der Waals surface area contributed by atoms with Crippen molar-refractivity contribution in [2.24, 2.45) is 0 Å². The van der Waals surface area contributed by atoms with Crippen molar-refractivity contribution in [1.29, 1.82) is 0 Å². The van der Waals surface area contributed by atoms with Gasteiger partial charge in [0.1, 0.15) is 5.65 Å². The number of hydrogen-bond acceptors (Lipinski definition) is 1. The number of nitrogens with zero attached hydrogens (tertiary/aromatic N) is 1. The molecule has 2 aromatic rings. The van der Waals surface area contributed by atoms with Gasteiger partial charge in [-0.15, -0.1) is 0 Å². The van der Waals surface area contributed by atoms with Crippen LogP contribution in [0.2, 0.25) is 0 Å². The Kier molecular flexibility index (Phi) is 2.06. The van der Waals surface area contributed by atoms with Crippen LogP contribution in [0.5, 0.6) is 0 Å². The minimum atomic E-state index is 0.549. The molecule has 2 heteroatoms. The second-order valence-electron chi connectivity index (χ2n) is 4.17. The third kappa shape index (κ3) is 1.31. The first-order valence-corrected chi connectivity index (χ1v) is 5.05. The first-order chi connectivity index (χ1) is 6.59. The van der Waals surface area contributed by atoms with Crippen LogP contribution in [0.4, 0.5) is 0 Å². The van der Waals surface area contributed by atoms with Gasteiger partial charge < -0.3 is 4.98 Å². The highest BCUT2D eigenvalue weighted by Crippen LogP contribution is 2.27. The number of hydrogen-bond donors (Lipinski definition) is 1. The molecule has 2 aromatic heterocycles. The Hall–Kier alpha value is -1.31. The van der Waals surface area contributed by atoms with E-state index in [-0.39, 0.29) is 0 Å². The Bertz CT molecular complexity index is 466. The van der Waals surface area contributed by atoms with Crippen LogP contribution >= 0.6 is 0 Å². The fourth-order valence-corrected chi connectivity index (χ4v) is 2.06. The molecule has 1 N–H and O–H groups in total. The number of aryl methyl sites for hydroxylation is 2. The smallest absolute Gasteiger partial charge is 0.138 e. The molecule has 0 aliphatic carbocycles. The number of aromatic nitrogens is 2. The summed E-state index contributed by atoms with van der Waals surface area (Å²) >= 11 is 0. The van der Waals surface area contributed by atoms with Gasteiger partial charge in [-0.2, -0.15) is 0 Å². The lowest BCUT2D eigenvalue weighted by Gasteiger charge is -2.04. The predicted octanol–water partition coefficient (Wildman–Crippen LogP) is 3.30. The quantitative estimate of drug-likeness (QED) is 0.730. The van der Waals surface area contributed by atoms with Crippen molar-refractivity contribution in [3.63, 3.8) is 0 Å². The van der Waals surface area contributed by atoms with Crippen LogP contribution in [0.1, 0.15) is 36.7 Å². The summed E-state index contributed by atoms with van der Waals surface area (Å²) < 4.78 is 0. The van der Waals surface area contributed by atoms with Crippen molar-refractivity contribution in [2.45, 2.75) is 33.6 Å². The van der Waals surface area contributed by atoms with Crippen molar-refractivity contribution in [2.75, 3.05) is 0 Å². The fraction of sp³-hybridized carbons (Fsp3) is 0.417. The fourth-order valence-electron chi connectivity index (χ4n) is 2.06. The largest absolute Gasteiger partial charge is 0.343 e. The molecule has 0 aliphatic rings. The Morgan fingerprint density at radius 3 is 2.57 bits per heavy atom. The summed E-state index contributed by atoms with van der Waals surface area (Å²) in [5.41, 5.74) is 4.72. The van der Waals surface area contributed by atoms with Crippen LogP contribution in [0.25, 0.3) is 11.0 Å². The lowest BCUT2D eigenvalue weighted by Crippen LogP contribution is -1.88. The highest BCUT2D eigenvalue weighted by molar-refractivity contribution is 5.82. The summed E-state index contributed by atoms with van der Waals surface area (Å²) in [7, 11) is 0. The molecule has 0 fully saturated rings. The number of pyridine rings is 1. The lowest BCUT2D eigenvalue weighted by atomic mass is 10.0. The maximum absolute atomic E-state index is 4.48. The van der Waals surface area contributed by atoms with Crippen LogP contribution in [0, 0.1) is 13.8 Å². The van der Waals surface area contributed by atoms with E-state index in [4.69, 9.17) is 0 Å². The number of aromatic amines is 1. The molecule has 0 radical (unpaired) electrons. The van der Waals surface area contributed by atoms with E-state index in [0.29, 0.717) is 5.92 Å².